The summed E-state index contributed by atoms with van der Waals surface area (Å²) in [4.78, 5) is 27.5. The lowest BCUT2D eigenvalue weighted by molar-refractivity contribution is -0.140. The first-order chi connectivity index (χ1) is 15.8. The second-order valence-corrected chi connectivity index (χ2v) is 7.74. The number of carbonyl (C=O) groups is 2. The number of aliphatic hydroxyl groups is 1. The van der Waals surface area contributed by atoms with Gasteiger partial charge in [0.1, 0.15) is 5.76 Å². The van der Waals surface area contributed by atoms with E-state index in [1.54, 1.807) is 42.5 Å². The van der Waals surface area contributed by atoms with Crippen LogP contribution in [0.4, 0.5) is 0 Å². The molecule has 0 spiro atoms. The zero-order chi connectivity index (χ0) is 24.1. The van der Waals surface area contributed by atoms with Crippen LogP contribution in [0.25, 0.3) is 5.76 Å². The lowest BCUT2D eigenvalue weighted by Crippen LogP contribution is -2.33. The molecule has 1 aliphatic rings. The highest BCUT2D eigenvalue weighted by atomic mass is 16.5. The van der Waals surface area contributed by atoms with E-state index in [9.17, 15) is 14.7 Å². The third-order valence-electron chi connectivity index (χ3n) is 5.37. The molecule has 0 radical (unpaired) electrons. The van der Waals surface area contributed by atoms with Crippen molar-refractivity contribution < 1.29 is 33.6 Å². The Kier molecular flexibility index (Phi) is 7.60. The molecule has 1 fully saturated rings. The molecule has 1 atom stereocenters. The minimum absolute atomic E-state index is 0.00924. The molecule has 33 heavy (non-hydrogen) atoms. The molecule has 1 unspecified atom stereocenters. The van der Waals surface area contributed by atoms with Gasteiger partial charge in [-0.2, -0.15) is 0 Å². The normalized spacial score (nSPS) is 17.5. The van der Waals surface area contributed by atoms with Gasteiger partial charge in [0, 0.05) is 12.1 Å². The largest absolute Gasteiger partial charge is 0.507 e. The van der Waals surface area contributed by atoms with E-state index < -0.39 is 17.7 Å². The number of methoxy groups -OCH3 is 3. The summed E-state index contributed by atoms with van der Waals surface area (Å²) in [6.07, 6.45) is -0.0363. The molecule has 1 amide bonds. The highest BCUT2D eigenvalue weighted by Gasteiger charge is 2.46. The van der Waals surface area contributed by atoms with Gasteiger partial charge >= 0.3 is 0 Å². The van der Waals surface area contributed by atoms with Crippen molar-refractivity contribution in [2.24, 2.45) is 0 Å². The predicted molar refractivity (Wildman–Crippen MR) is 123 cm³/mol. The minimum Gasteiger partial charge on any atom is -0.507 e. The van der Waals surface area contributed by atoms with Crippen LogP contribution in [0.2, 0.25) is 0 Å². The van der Waals surface area contributed by atoms with E-state index in [-0.39, 0.29) is 30.6 Å². The fraction of sp³-hybridized carbons (Fsp3) is 0.360. The zero-order valence-corrected chi connectivity index (χ0v) is 19.5. The summed E-state index contributed by atoms with van der Waals surface area (Å²) in [6, 6.07) is 11.1. The van der Waals surface area contributed by atoms with Gasteiger partial charge in [0.2, 0.25) is 5.75 Å². The van der Waals surface area contributed by atoms with Gasteiger partial charge < -0.3 is 29.0 Å². The van der Waals surface area contributed by atoms with Crippen LogP contribution in [0.5, 0.6) is 17.2 Å². The topological polar surface area (TPSA) is 94.5 Å². The summed E-state index contributed by atoms with van der Waals surface area (Å²) in [6.45, 7) is 4.17. The van der Waals surface area contributed by atoms with Gasteiger partial charge in [0.25, 0.3) is 11.7 Å². The number of amides is 1. The molecule has 2 aromatic carbocycles. The Morgan fingerprint density at radius 2 is 1.61 bits per heavy atom. The van der Waals surface area contributed by atoms with Gasteiger partial charge in [-0.25, -0.2) is 0 Å². The van der Waals surface area contributed by atoms with Crippen molar-refractivity contribution in [3.63, 3.8) is 0 Å². The van der Waals surface area contributed by atoms with Crippen LogP contribution in [0.1, 0.15) is 31.0 Å². The van der Waals surface area contributed by atoms with Crippen LogP contribution in [-0.4, -0.2) is 62.3 Å². The Bertz CT molecular complexity index is 1020. The molecule has 1 N–H and O–H groups in total. The number of Topliss-reactive ketones (excluding diaryl/α,β-unsaturated/α-hetero) is 1. The summed E-state index contributed by atoms with van der Waals surface area (Å²) in [5.41, 5.74) is 0.960. The molecule has 2 aromatic rings. The van der Waals surface area contributed by atoms with Crippen LogP contribution >= 0.6 is 0 Å². The van der Waals surface area contributed by atoms with E-state index in [1.807, 2.05) is 13.8 Å². The Morgan fingerprint density at radius 1 is 1.00 bits per heavy atom. The number of likely N-dealkylation sites (tertiary alicyclic amines) is 1. The molecule has 0 aromatic heterocycles. The van der Waals surface area contributed by atoms with Gasteiger partial charge in [-0.05, 0) is 31.5 Å². The first-order valence-electron chi connectivity index (χ1n) is 10.6. The summed E-state index contributed by atoms with van der Waals surface area (Å²) < 4.78 is 22.0. The number of nitrogens with zero attached hydrogens (tertiary/aromatic N) is 1. The van der Waals surface area contributed by atoms with Gasteiger partial charge in [-0.1, -0.05) is 30.3 Å². The highest BCUT2D eigenvalue weighted by Crippen LogP contribution is 2.45. The monoisotopic (exact) mass is 455 g/mol. The van der Waals surface area contributed by atoms with Crippen LogP contribution in [0, 0.1) is 0 Å². The quantitative estimate of drug-likeness (QED) is 0.351. The van der Waals surface area contributed by atoms with Crippen molar-refractivity contribution in [2.45, 2.75) is 26.0 Å². The van der Waals surface area contributed by atoms with E-state index in [0.717, 1.165) is 0 Å². The third-order valence-corrected chi connectivity index (χ3v) is 5.37. The van der Waals surface area contributed by atoms with E-state index in [0.29, 0.717) is 28.4 Å². The number of benzene rings is 2. The number of carbonyl (C=O) groups excluding carboxylic acids is 2. The summed E-state index contributed by atoms with van der Waals surface area (Å²) in [7, 11) is 4.46. The SMILES string of the molecule is COc1cc(C2/C(=C(\O)c3ccccc3)C(=O)C(=O)N2CCOC(C)C)cc(OC)c1OC. The minimum atomic E-state index is -0.866. The fourth-order valence-electron chi connectivity index (χ4n) is 3.85. The van der Waals surface area contributed by atoms with Gasteiger partial charge in [0.05, 0.1) is 45.7 Å². The number of ketones is 1. The maximum absolute atomic E-state index is 13.1. The average molecular weight is 456 g/mol. The smallest absolute Gasteiger partial charge is 0.295 e. The van der Waals surface area contributed by atoms with E-state index in [2.05, 4.69) is 0 Å². The highest BCUT2D eigenvalue weighted by molar-refractivity contribution is 6.46. The molecule has 0 bridgehead atoms. The predicted octanol–water partition coefficient (Wildman–Crippen LogP) is 3.56. The standard InChI is InChI=1S/C25H29NO7/c1-15(2)33-12-11-26-21(17-13-18(30-3)24(32-5)19(14-17)31-4)20(23(28)25(26)29)22(27)16-9-7-6-8-10-16/h6-10,13-15,21,27H,11-12H2,1-5H3/b22-20+. The number of aliphatic hydroxyl groups excluding tert-OH is 1. The van der Waals surface area contributed by atoms with Crippen molar-refractivity contribution in [1.82, 2.24) is 4.90 Å². The molecule has 8 nitrogen and oxygen atoms in total. The summed E-state index contributed by atoms with van der Waals surface area (Å²) >= 11 is 0. The first-order valence-corrected chi connectivity index (χ1v) is 10.6. The Hall–Kier alpha value is -3.52. The van der Waals surface area contributed by atoms with Gasteiger partial charge in [-0.15, -0.1) is 0 Å². The van der Waals surface area contributed by atoms with Crippen molar-refractivity contribution in [2.75, 3.05) is 34.5 Å². The van der Waals surface area contributed by atoms with Crippen molar-refractivity contribution in [1.29, 1.82) is 0 Å². The van der Waals surface area contributed by atoms with Gasteiger partial charge in [0.15, 0.2) is 11.5 Å². The van der Waals surface area contributed by atoms with Crippen molar-refractivity contribution in [3.8, 4) is 17.2 Å². The molecule has 1 aliphatic heterocycles. The second kappa shape index (κ2) is 10.4. The first kappa shape index (κ1) is 24.1. The molecular formula is C25H29NO7. The fourth-order valence-corrected chi connectivity index (χ4v) is 3.85. The lowest BCUT2D eigenvalue weighted by atomic mass is 9.94. The zero-order valence-electron chi connectivity index (χ0n) is 19.5. The van der Waals surface area contributed by atoms with E-state index >= 15 is 0 Å². The number of hydrogen-bond acceptors (Lipinski definition) is 7. The lowest BCUT2D eigenvalue weighted by Gasteiger charge is -2.26. The summed E-state index contributed by atoms with van der Waals surface area (Å²) in [5, 5.41) is 11.1. The Morgan fingerprint density at radius 3 is 2.12 bits per heavy atom. The average Bonchev–Trinajstić information content (AvgIpc) is 3.07. The maximum Gasteiger partial charge on any atom is 0.295 e. The van der Waals surface area contributed by atoms with E-state index in [1.165, 1.54) is 26.2 Å². The molecule has 3 rings (SSSR count). The number of ether oxygens (including phenoxy) is 4. The Labute approximate surface area is 193 Å². The van der Waals surface area contributed by atoms with E-state index in [4.69, 9.17) is 18.9 Å². The third kappa shape index (κ3) is 4.80. The molecule has 0 aliphatic carbocycles. The van der Waals surface area contributed by atoms with Gasteiger partial charge in [-0.3, -0.25) is 9.59 Å². The number of rotatable bonds is 9. The molecule has 8 heteroatoms. The molecular weight excluding hydrogens is 426 g/mol. The number of hydrogen-bond donors (Lipinski definition) is 1. The molecule has 1 saturated heterocycles. The van der Waals surface area contributed by atoms with Crippen molar-refractivity contribution >= 4 is 17.4 Å². The second-order valence-electron chi connectivity index (χ2n) is 7.74. The molecule has 176 valence electrons. The van der Waals surface area contributed by atoms with Crippen LogP contribution in [0.15, 0.2) is 48.0 Å². The summed E-state index contributed by atoms with van der Waals surface area (Å²) in [5.74, 6) is -0.601. The van der Waals surface area contributed by atoms with Crippen molar-refractivity contribution in [3.05, 3.63) is 59.2 Å². The van der Waals surface area contributed by atoms with Crippen LogP contribution in [0.3, 0.4) is 0 Å². The van der Waals surface area contributed by atoms with Crippen LogP contribution < -0.4 is 14.2 Å². The Balaban J connectivity index is 2.20. The maximum atomic E-state index is 13.1. The van der Waals surface area contributed by atoms with Crippen LogP contribution in [-0.2, 0) is 14.3 Å². The molecule has 0 saturated carbocycles. The molecule has 1 heterocycles.